The number of pyridine rings is 1. The van der Waals surface area contributed by atoms with E-state index in [4.69, 9.17) is 0 Å². The molecule has 1 aliphatic carbocycles. The first-order chi connectivity index (χ1) is 13.0. The second kappa shape index (κ2) is 6.65. The lowest BCUT2D eigenvalue weighted by Gasteiger charge is -2.13. The van der Waals surface area contributed by atoms with E-state index >= 15 is 0 Å². The van der Waals surface area contributed by atoms with Crippen LogP contribution in [0.5, 0.6) is 0 Å². The Labute approximate surface area is 156 Å². The van der Waals surface area contributed by atoms with Crippen LogP contribution >= 0.6 is 0 Å². The van der Waals surface area contributed by atoms with Crippen LogP contribution in [0, 0.1) is 11.3 Å². The lowest BCUT2D eigenvalue weighted by atomic mass is 9.96. The van der Waals surface area contributed by atoms with Crippen LogP contribution in [0.25, 0.3) is 22.5 Å². The van der Waals surface area contributed by atoms with Crippen LogP contribution in [-0.4, -0.2) is 25.7 Å². The molecule has 7 nitrogen and oxygen atoms in total. The Balaban J connectivity index is 1.90. The Kier molecular flexibility index (Phi) is 4.16. The van der Waals surface area contributed by atoms with E-state index in [1.807, 2.05) is 29.8 Å². The molecule has 0 spiro atoms. The summed E-state index contributed by atoms with van der Waals surface area (Å²) in [5, 5.41) is 20.3. The molecule has 2 heterocycles. The largest absolute Gasteiger partial charge is 0.317 e. The normalized spacial score (nSPS) is 13.2. The van der Waals surface area contributed by atoms with Gasteiger partial charge in [0.25, 0.3) is 0 Å². The maximum absolute atomic E-state index is 11.5. The molecule has 7 heteroatoms. The van der Waals surface area contributed by atoms with E-state index < -0.39 is 0 Å². The first-order valence-electron chi connectivity index (χ1n) is 8.73. The number of anilines is 1. The molecule has 0 atom stereocenters. The number of nitrogens with zero attached hydrogens (tertiary/aromatic N) is 5. The number of hydrogen-bond acceptors (Lipinski definition) is 5. The zero-order valence-electron chi connectivity index (χ0n) is 15.1. The van der Waals surface area contributed by atoms with Gasteiger partial charge < -0.3 is 9.88 Å². The predicted molar refractivity (Wildman–Crippen MR) is 101 cm³/mol. The van der Waals surface area contributed by atoms with E-state index in [0.717, 1.165) is 35.2 Å². The third-order valence-electron chi connectivity index (χ3n) is 4.56. The van der Waals surface area contributed by atoms with Gasteiger partial charge in [0.1, 0.15) is 12.1 Å². The fourth-order valence-corrected chi connectivity index (χ4v) is 3.12. The molecule has 3 aromatic rings. The molecule has 1 saturated carbocycles. The average molecular weight is 358 g/mol. The number of carbonyl (C=O) groups excluding carboxylic acids is 1. The number of nitriles is 1. The highest BCUT2D eigenvalue weighted by atomic mass is 16.1. The van der Waals surface area contributed by atoms with Crippen LogP contribution in [0.3, 0.4) is 0 Å². The minimum Gasteiger partial charge on any atom is -0.317 e. The van der Waals surface area contributed by atoms with Crippen molar-refractivity contribution in [1.29, 1.82) is 5.26 Å². The fraction of sp³-hybridized carbons (Fsp3) is 0.250. The molecular weight excluding hydrogens is 340 g/mol. The van der Waals surface area contributed by atoms with Crippen LogP contribution in [0.15, 0.2) is 36.7 Å². The minimum atomic E-state index is -0.158. The number of nitrogens with one attached hydrogen (secondary N) is 1. The average Bonchev–Trinajstić information content (AvgIpc) is 3.42. The van der Waals surface area contributed by atoms with E-state index in [-0.39, 0.29) is 5.91 Å². The minimum absolute atomic E-state index is 0.158. The maximum Gasteiger partial charge on any atom is 0.222 e. The molecule has 1 N–H and O–H groups in total. The molecule has 1 fully saturated rings. The Morgan fingerprint density at radius 2 is 2.07 bits per heavy atom. The van der Waals surface area contributed by atoms with Crippen LogP contribution in [0.4, 0.5) is 5.82 Å². The molecule has 1 aliphatic rings. The Hall–Kier alpha value is -3.53. The van der Waals surface area contributed by atoms with E-state index in [2.05, 4.69) is 32.6 Å². The van der Waals surface area contributed by atoms with Crippen LogP contribution in [0.2, 0.25) is 0 Å². The van der Waals surface area contributed by atoms with Gasteiger partial charge in [-0.2, -0.15) is 5.26 Å². The van der Waals surface area contributed by atoms with Gasteiger partial charge in [-0.05, 0) is 48.2 Å². The van der Waals surface area contributed by atoms with Gasteiger partial charge in [-0.15, -0.1) is 10.2 Å². The van der Waals surface area contributed by atoms with Gasteiger partial charge in [0, 0.05) is 31.1 Å². The molecule has 1 amide bonds. The number of aromatic nitrogens is 4. The summed E-state index contributed by atoms with van der Waals surface area (Å²) in [6, 6.07) is 11.6. The summed E-state index contributed by atoms with van der Waals surface area (Å²) < 4.78 is 1.82. The lowest BCUT2D eigenvalue weighted by molar-refractivity contribution is -0.114. The van der Waals surface area contributed by atoms with Crippen molar-refractivity contribution >= 4 is 11.7 Å². The molecule has 4 rings (SSSR count). The van der Waals surface area contributed by atoms with Gasteiger partial charge in [0.2, 0.25) is 5.91 Å². The molecule has 1 aromatic carbocycles. The van der Waals surface area contributed by atoms with Gasteiger partial charge >= 0.3 is 0 Å². The number of aryl methyl sites for hydroxylation is 1. The predicted octanol–water partition coefficient (Wildman–Crippen LogP) is 3.25. The zero-order chi connectivity index (χ0) is 19.0. The third-order valence-corrected chi connectivity index (χ3v) is 4.56. The molecule has 134 valence electrons. The second-order valence-corrected chi connectivity index (χ2v) is 6.76. The standard InChI is InChI=1S/C20H18N6O/c1-12(27)23-19-9-15(8-18(24-19)14-4-5-14)16-6-3-13(10-21)7-17(16)20-25-22-11-26(20)2/h3,6-9,11,14H,4-5H2,1-2H3,(H,23,24,27). The van der Waals surface area contributed by atoms with E-state index in [1.54, 1.807) is 12.4 Å². The number of carbonyl (C=O) groups is 1. The Morgan fingerprint density at radius 1 is 1.26 bits per heavy atom. The number of benzene rings is 1. The molecule has 0 aliphatic heterocycles. The van der Waals surface area contributed by atoms with Crippen LogP contribution < -0.4 is 5.32 Å². The highest BCUT2D eigenvalue weighted by Gasteiger charge is 2.26. The summed E-state index contributed by atoms with van der Waals surface area (Å²) >= 11 is 0. The van der Waals surface area contributed by atoms with Crippen molar-refractivity contribution in [3.63, 3.8) is 0 Å². The second-order valence-electron chi connectivity index (χ2n) is 6.76. The maximum atomic E-state index is 11.5. The Bertz CT molecular complexity index is 1070. The molecule has 0 saturated heterocycles. The summed E-state index contributed by atoms with van der Waals surface area (Å²) in [6.45, 7) is 1.47. The van der Waals surface area contributed by atoms with Gasteiger partial charge in [-0.1, -0.05) is 6.07 Å². The van der Waals surface area contributed by atoms with E-state index in [9.17, 15) is 10.1 Å². The molecular formula is C20H18N6O. The smallest absolute Gasteiger partial charge is 0.222 e. The first kappa shape index (κ1) is 16.9. The highest BCUT2D eigenvalue weighted by molar-refractivity contribution is 5.89. The van der Waals surface area contributed by atoms with E-state index in [0.29, 0.717) is 23.1 Å². The van der Waals surface area contributed by atoms with Crippen molar-refractivity contribution in [2.24, 2.45) is 7.05 Å². The summed E-state index contributed by atoms with van der Waals surface area (Å²) in [5.41, 5.74) is 4.19. The van der Waals surface area contributed by atoms with Gasteiger partial charge in [0.15, 0.2) is 5.82 Å². The van der Waals surface area contributed by atoms with Crippen LogP contribution in [0.1, 0.15) is 36.9 Å². The van der Waals surface area contributed by atoms with Crippen molar-refractivity contribution in [3.05, 3.63) is 47.9 Å². The quantitative estimate of drug-likeness (QED) is 0.772. The van der Waals surface area contributed by atoms with Gasteiger partial charge in [-0.25, -0.2) is 4.98 Å². The molecule has 27 heavy (non-hydrogen) atoms. The topological polar surface area (TPSA) is 96.5 Å². The summed E-state index contributed by atoms with van der Waals surface area (Å²) in [4.78, 5) is 16.1. The molecule has 0 bridgehead atoms. The third kappa shape index (κ3) is 3.42. The first-order valence-corrected chi connectivity index (χ1v) is 8.73. The van der Waals surface area contributed by atoms with Crippen molar-refractivity contribution in [2.75, 3.05) is 5.32 Å². The SMILES string of the molecule is CC(=O)Nc1cc(-c2ccc(C#N)cc2-c2nncn2C)cc(C2CC2)n1. The van der Waals surface area contributed by atoms with Gasteiger partial charge in [0.05, 0.1) is 11.6 Å². The molecule has 2 aromatic heterocycles. The highest BCUT2D eigenvalue weighted by Crippen LogP contribution is 2.42. The van der Waals surface area contributed by atoms with Crippen molar-refractivity contribution < 1.29 is 4.79 Å². The number of hydrogen-bond donors (Lipinski definition) is 1. The van der Waals surface area contributed by atoms with E-state index in [1.165, 1.54) is 6.92 Å². The van der Waals surface area contributed by atoms with Crippen molar-refractivity contribution in [1.82, 2.24) is 19.7 Å². The number of rotatable bonds is 4. The summed E-state index contributed by atoms with van der Waals surface area (Å²) in [7, 11) is 1.86. The summed E-state index contributed by atoms with van der Waals surface area (Å²) in [6.07, 6.45) is 3.85. The van der Waals surface area contributed by atoms with Gasteiger partial charge in [-0.3, -0.25) is 4.79 Å². The molecule has 0 unspecified atom stereocenters. The monoisotopic (exact) mass is 358 g/mol. The Morgan fingerprint density at radius 3 is 2.70 bits per heavy atom. The van der Waals surface area contributed by atoms with Crippen molar-refractivity contribution in [3.8, 4) is 28.6 Å². The fourth-order valence-electron chi connectivity index (χ4n) is 3.12. The van der Waals surface area contributed by atoms with Crippen LogP contribution in [-0.2, 0) is 11.8 Å². The number of amides is 1. The molecule has 0 radical (unpaired) electrons. The lowest BCUT2D eigenvalue weighted by Crippen LogP contribution is -2.08. The van der Waals surface area contributed by atoms with Crippen molar-refractivity contribution in [2.45, 2.75) is 25.7 Å². The summed E-state index contributed by atoms with van der Waals surface area (Å²) in [5.74, 6) is 1.49. The zero-order valence-corrected chi connectivity index (χ0v) is 15.1.